The van der Waals surface area contributed by atoms with Crippen molar-refractivity contribution in [3.63, 3.8) is 0 Å². The van der Waals surface area contributed by atoms with Gasteiger partial charge >= 0.3 is 0 Å². The van der Waals surface area contributed by atoms with Gasteiger partial charge < -0.3 is 11.1 Å². The maximum Gasteiger partial charge on any atom is 0.257 e. The van der Waals surface area contributed by atoms with E-state index >= 15 is 0 Å². The lowest BCUT2D eigenvalue weighted by atomic mass is 10.1. The van der Waals surface area contributed by atoms with Crippen molar-refractivity contribution in [2.75, 3.05) is 11.1 Å². The predicted octanol–water partition coefficient (Wildman–Crippen LogP) is 2.84. The standard InChI is InChI=1S/C16H17ClN2O3S/c1-2-23(21,22)15-7-6-12(17)9-14(15)16(20)19-13-5-3-4-11(8-13)10-18/h3-9H,2,10,18H2,1H3,(H,19,20). The van der Waals surface area contributed by atoms with Crippen LogP contribution in [-0.4, -0.2) is 20.1 Å². The molecule has 0 fully saturated rings. The molecule has 0 bridgehead atoms. The fourth-order valence-corrected chi connectivity index (χ4v) is 3.33. The van der Waals surface area contributed by atoms with Crippen LogP contribution in [0.5, 0.6) is 0 Å². The Morgan fingerprint density at radius 1 is 1.22 bits per heavy atom. The molecule has 0 saturated heterocycles. The zero-order valence-corrected chi connectivity index (χ0v) is 14.1. The molecule has 2 aromatic rings. The Balaban J connectivity index is 2.41. The predicted molar refractivity (Wildman–Crippen MR) is 91.5 cm³/mol. The maximum absolute atomic E-state index is 12.5. The molecule has 7 heteroatoms. The molecule has 5 nitrogen and oxygen atoms in total. The summed E-state index contributed by atoms with van der Waals surface area (Å²) in [6, 6.07) is 11.2. The topological polar surface area (TPSA) is 89.3 Å². The Morgan fingerprint density at radius 3 is 2.61 bits per heavy atom. The molecule has 0 aliphatic carbocycles. The number of hydrogen-bond acceptors (Lipinski definition) is 4. The lowest BCUT2D eigenvalue weighted by Gasteiger charge is -2.11. The summed E-state index contributed by atoms with van der Waals surface area (Å²) in [4.78, 5) is 12.5. The molecule has 2 aromatic carbocycles. The van der Waals surface area contributed by atoms with E-state index in [1.165, 1.54) is 25.1 Å². The van der Waals surface area contributed by atoms with E-state index in [9.17, 15) is 13.2 Å². The summed E-state index contributed by atoms with van der Waals surface area (Å²) < 4.78 is 24.3. The molecule has 0 aromatic heterocycles. The van der Waals surface area contributed by atoms with Gasteiger partial charge in [-0.1, -0.05) is 30.7 Å². The summed E-state index contributed by atoms with van der Waals surface area (Å²) in [5, 5.41) is 2.97. The van der Waals surface area contributed by atoms with Crippen molar-refractivity contribution < 1.29 is 13.2 Å². The Labute approximate surface area is 140 Å². The van der Waals surface area contributed by atoms with Crippen molar-refractivity contribution >= 4 is 33.0 Å². The van der Waals surface area contributed by atoms with Gasteiger partial charge in [-0.15, -0.1) is 0 Å². The molecule has 0 aliphatic rings. The number of halogens is 1. The first-order valence-electron chi connectivity index (χ1n) is 7.00. The fraction of sp³-hybridized carbons (Fsp3) is 0.188. The van der Waals surface area contributed by atoms with Gasteiger partial charge in [-0.2, -0.15) is 0 Å². The van der Waals surface area contributed by atoms with Gasteiger partial charge in [0, 0.05) is 17.3 Å². The second kappa shape index (κ2) is 7.12. The summed E-state index contributed by atoms with van der Waals surface area (Å²) in [7, 11) is -3.54. The average Bonchev–Trinajstić information content (AvgIpc) is 2.54. The molecular weight excluding hydrogens is 336 g/mol. The fourth-order valence-electron chi connectivity index (χ4n) is 2.08. The molecule has 0 spiro atoms. The summed E-state index contributed by atoms with van der Waals surface area (Å²) in [5.74, 6) is -0.633. The Morgan fingerprint density at radius 2 is 1.96 bits per heavy atom. The molecule has 2 rings (SSSR count). The SMILES string of the molecule is CCS(=O)(=O)c1ccc(Cl)cc1C(=O)Nc1cccc(CN)c1. The maximum atomic E-state index is 12.5. The quantitative estimate of drug-likeness (QED) is 0.865. The highest BCUT2D eigenvalue weighted by Crippen LogP contribution is 2.23. The van der Waals surface area contributed by atoms with E-state index in [4.69, 9.17) is 17.3 Å². The van der Waals surface area contributed by atoms with Gasteiger partial charge in [-0.3, -0.25) is 4.79 Å². The van der Waals surface area contributed by atoms with Gasteiger partial charge in [-0.05, 0) is 35.9 Å². The van der Waals surface area contributed by atoms with E-state index in [0.717, 1.165) is 5.56 Å². The molecular formula is C16H17ClN2O3S. The third kappa shape index (κ3) is 4.10. The monoisotopic (exact) mass is 352 g/mol. The van der Waals surface area contributed by atoms with E-state index in [0.29, 0.717) is 17.3 Å². The van der Waals surface area contributed by atoms with E-state index in [1.54, 1.807) is 18.2 Å². The highest BCUT2D eigenvalue weighted by Gasteiger charge is 2.21. The van der Waals surface area contributed by atoms with Crippen molar-refractivity contribution in [2.45, 2.75) is 18.4 Å². The van der Waals surface area contributed by atoms with Gasteiger partial charge in [0.2, 0.25) is 0 Å². The van der Waals surface area contributed by atoms with Gasteiger partial charge in [0.15, 0.2) is 9.84 Å². The van der Waals surface area contributed by atoms with Gasteiger partial charge in [0.1, 0.15) is 0 Å². The Kier molecular flexibility index (Phi) is 5.41. The molecule has 122 valence electrons. The van der Waals surface area contributed by atoms with E-state index < -0.39 is 15.7 Å². The van der Waals surface area contributed by atoms with Crippen LogP contribution < -0.4 is 11.1 Å². The lowest BCUT2D eigenvalue weighted by molar-refractivity contribution is 0.102. The molecule has 0 radical (unpaired) electrons. The van der Waals surface area contributed by atoms with Crippen molar-refractivity contribution in [1.82, 2.24) is 0 Å². The van der Waals surface area contributed by atoms with Crippen LogP contribution in [0.1, 0.15) is 22.8 Å². The van der Waals surface area contributed by atoms with Crippen LogP contribution in [0, 0.1) is 0 Å². The van der Waals surface area contributed by atoms with Crippen LogP contribution in [0.15, 0.2) is 47.4 Å². The Hall–Kier alpha value is -1.89. The molecule has 0 heterocycles. The van der Waals surface area contributed by atoms with Crippen LogP contribution in [-0.2, 0) is 16.4 Å². The van der Waals surface area contributed by atoms with E-state index in [2.05, 4.69) is 5.32 Å². The third-order valence-corrected chi connectivity index (χ3v) is 5.34. The van der Waals surface area contributed by atoms with Crippen molar-refractivity contribution in [3.8, 4) is 0 Å². The summed E-state index contributed by atoms with van der Waals surface area (Å²) >= 11 is 5.91. The first-order chi connectivity index (χ1) is 10.9. The minimum absolute atomic E-state index is 0.0255. The van der Waals surface area contributed by atoms with Gasteiger partial charge in [0.25, 0.3) is 5.91 Å². The minimum atomic E-state index is -3.54. The minimum Gasteiger partial charge on any atom is -0.326 e. The number of carbonyl (C=O) groups is 1. The number of nitrogens with two attached hydrogens (primary N) is 1. The summed E-state index contributed by atoms with van der Waals surface area (Å²) in [5.41, 5.74) is 6.99. The third-order valence-electron chi connectivity index (χ3n) is 3.32. The van der Waals surface area contributed by atoms with Crippen molar-refractivity contribution in [1.29, 1.82) is 0 Å². The van der Waals surface area contributed by atoms with E-state index in [-0.39, 0.29) is 16.2 Å². The zero-order valence-electron chi connectivity index (χ0n) is 12.5. The highest BCUT2D eigenvalue weighted by molar-refractivity contribution is 7.91. The average molecular weight is 353 g/mol. The molecule has 3 N–H and O–H groups in total. The van der Waals surface area contributed by atoms with Crippen molar-refractivity contribution in [3.05, 3.63) is 58.6 Å². The molecule has 0 atom stereocenters. The number of amides is 1. The first-order valence-corrected chi connectivity index (χ1v) is 9.03. The highest BCUT2D eigenvalue weighted by atomic mass is 35.5. The number of anilines is 1. The number of carbonyl (C=O) groups excluding carboxylic acids is 1. The smallest absolute Gasteiger partial charge is 0.257 e. The van der Waals surface area contributed by atoms with Gasteiger partial charge in [0.05, 0.1) is 16.2 Å². The molecule has 23 heavy (non-hydrogen) atoms. The Bertz CT molecular complexity index is 835. The number of nitrogens with one attached hydrogen (secondary N) is 1. The second-order valence-electron chi connectivity index (χ2n) is 4.90. The van der Waals surface area contributed by atoms with E-state index in [1.807, 2.05) is 6.07 Å². The van der Waals surface area contributed by atoms with Crippen LogP contribution in [0.4, 0.5) is 5.69 Å². The molecule has 1 amide bonds. The number of rotatable bonds is 5. The molecule has 0 aliphatic heterocycles. The zero-order chi connectivity index (χ0) is 17.0. The largest absolute Gasteiger partial charge is 0.326 e. The van der Waals surface area contributed by atoms with Crippen molar-refractivity contribution in [2.24, 2.45) is 5.73 Å². The van der Waals surface area contributed by atoms with Crippen LogP contribution in [0.2, 0.25) is 5.02 Å². The second-order valence-corrected chi connectivity index (χ2v) is 7.59. The van der Waals surface area contributed by atoms with Crippen LogP contribution in [0.25, 0.3) is 0 Å². The number of hydrogen-bond donors (Lipinski definition) is 2. The first kappa shape index (κ1) is 17.5. The molecule has 0 unspecified atom stereocenters. The van der Waals surface area contributed by atoms with Crippen LogP contribution >= 0.6 is 11.6 Å². The number of benzene rings is 2. The molecule has 0 saturated carbocycles. The lowest BCUT2D eigenvalue weighted by Crippen LogP contribution is -2.17. The van der Waals surface area contributed by atoms with Crippen LogP contribution in [0.3, 0.4) is 0 Å². The summed E-state index contributed by atoms with van der Waals surface area (Å²) in [6.07, 6.45) is 0. The van der Waals surface area contributed by atoms with Gasteiger partial charge in [-0.25, -0.2) is 8.42 Å². The number of sulfone groups is 1. The normalized spacial score (nSPS) is 11.3. The summed E-state index contributed by atoms with van der Waals surface area (Å²) in [6.45, 7) is 1.87.